The number of aromatic hydroxyl groups is 1. The van der Waals surface area contributed by atoms with Crippen molar-refractivity contribution in [1.82, 2.24) is 0 Å². The molecule has 27 heavy (non-hydrogen) atoms. The highest BCUT2D eigenvalue weighted by atomic mass is 16.4. The van der Waals surface area contributed by atoms with Crippen LogP contribution in [0.25, 0.3) is 22.3 Å². The zero-order valence-electron chi connectivity index (χ0n) is 15.6. The number of carbonyl (C=O) groups is 1. The third kappa shape index (κ3) is 3.51. The van der Waals surface area contributed by atoms with Crippen LogP contribution in [0.15, 0.2) is 45.6 Å². The lowest BCUT2D eigenvalue weighted by Crippen LogP contribution is -2.40. The predicted octanol–water partition coefficient (Wildman–Crippen LogP) is 4.06. The number of rotatable bonds is 4. The van der Waals surface area contributed by atoms with Gasteiger partial charge in [-0.05, 0) is 63.1 Å². The molecule has 140 valence electrons. The Morgan fingerprint density at radius 3 is 2.30 bits per heavy atom. The van der Waals surface area contributed by atoms with Gasteiger partial charge in [0.25, 0.3) is 0 Å². The highest BCUT2D eigenvalue weighted by Gasteiger charge is 2.28. The summed E-state index contributed by atoms with van der Waals surface area (Å²) >= 11 is 0. The van der Waals surface area contributed by atoms with Crippen LogP contribution in [-0.2, 0) is 4.79 Å². The highest BCUT2D eigenvalue weighted by molar-refractivity contribution is 5.84. The average molecular weight is 367 g/mol. The smallest absolute Gasteiger partial charge is 0.328 e. The topological polar surface area (TPSA) is 99.8 Å². The number of hydrogen-bond acceptors (Lipinski definition) is 5. The van der Waals surface area contributed by atoms with Gasteiger partial charge in [0.15, 0.2) is 5.43 Å². The maximum Gasteiger partial charge on any atom is 0.328 e. The minimum absolute atomic E-state index is 0.0191. The van der Waals surface area contributed by atoms with E-state index in [0.29, 0.717) is 22.3 Å². The molecule has 0 aliphatic carbocycles. The van der Waals surface area contributed by atoms with E-state index in [0.717, 1.165) is 16.8 Å². The molecular weight excluding hydrogens is 346 g/mol. The first-order valence-corrected chi connectivity index (χ1v) is 8.48. The van der Waals surface area contributed by atoms with Gasteiger partial charge in [0.05, 0.1) is 5.39 Å². The van der Waals surface area contributed by atoms with Gasteiger partial charge < -0.3 is 19.9 Å². The van der Waals surface area contributed by atoms with Crippen LogP contribution in [0.4, 0.5) is 5.69 Å². The van der Waals surface area contributed by atoms with E-state index >= 15 is 0 Å². The van der Waals surface area contributed by atoms with Crippen LogP contribution in [0.3, 0.4) is 0 Å². The number of benzene rings is 2. The summed E-state index contributed by atoms with van der Waals surface area (Å²) in [6.07, 6.45) is 0. The van der Waals surface area contributed by atoms with Gasteiger partial charge in [-0.25, -0.2) is 4.79 Å². The molecule has 0 amide bonds. The van der Waals surface area contributed by atoms with Crippen molar-refractivity contribution in [2.75, 3.05) is 5.32 Å². The summed E-state index contributed by atoms with van der Waals surface area (Å²) in [6, 6.07) is 9.46. The summed E-state index contributed by atoms with van der Waals surface area (Å²) < 4.78 is 5.82. The normalized spacial score (nSPS) is 11.6. The van der Waals surface area contributed by atoms with Crippen molar-refractivity contribution in [3.8, 4) is 17.1 Å². The molecule has 0 saturated heterocycles. The maximum absolute atomic E-state index is 12.4. The minimum Gasteiger partial charge on any atom is -0.508 e. The van der Waals surface area contributed by atoms with E-state index in [-0.39, 0.29) is 11.2 Å². The van der Waals surface area contributed by atoms with Gasteiger partial charge in [0.1, 0.15) is 22.6 Å². The molecule has 0 saturated carbocycles. The van der Waals surface area contributed by atoms with E-state index in [1.165, 1.54) is 24.3 Å². The number of fused-ring (bicyclic) bond motifs is 1. The quantitative estimate of drug-likeness (QED) is 0.643. The number of aryl methyl sites for hydroxylation is 2. The number of carboxylic acid groups (broad SMARTS) is 1. The maximum atomic E-state index is 12.4. The van der Waals surface area contributed by atoms with E-state index in [1.807, 2.05) is 26.0 Å². The molecule has 0 aliphatic rings. The van der Waals surface area contributed by atoms with Gasteiger partial charge >= 0.3 is 5.97 Å². The van der Waals surface area contributed by atoms with E-state index in [9.17, 15) is 19.8 Å². The van der Waals surface area contributed by atoms with Crippen LogP contribution in [0.2, 0.25) is 0 Å². The Morgan fingerprint density at radius 2 is 1.70 bits per heavy atom. The van der Waals surface area contributed by atoms with E-state index < -0.39 is 11.5 Å². The number of aliphatic carboxylic acids is 1. The molecule has 0 spiro atoms. The SMILES string of the molecule is Cc1cc(-c2cc(=O)c3ccc(O)cc3o2)cc(C)c1NC(C)(C)C(=O)O. The Labute approximate surface area is 156 Å². The molecule has 1 heterocycles. The van der Waals surface area contributed by atoms with Crippen molar-refractivity contribution in [3.05, 3.63) is 57.7 Å². The van der Waals surface area contributed by atoms with Crippen molar-refractivity contribution in [2.45, 2.75) is 33.2 Å². The number of phenols is 1. The third-order valence-corrected chi connectivity index (χ3v) is 4.50. The van der Waals surface area contributed by atoms with Crippen molar-refractivity contribution < 1.29 is 19.4 Å². The summed E-state index contributed by atoms with van der Waals surface area (Å²) in [5.41, 5.74) is 2.08. The first kappa shape index (κ1) is 18.5. The standard InChI is InChI=1S/C21H21NO5/c1-11-7-13(8-12(2)19(11)22-21(3,4)20(25)26)17-10-16(24)15-6-5-14(23)9-18(15)27-17/h5-10,22-23H,1-4H3,(H,25,26). The Balaban J connectivity index is 2.10. The molecule has 2 aromatic carbocycles. The Kier molecular flexibility index (Phi) is 4.43. The second kappa shape index (κ2) is 6.46. The predicted molar refractivity (Wildman–Crippen MR) is 104 cm³/mol. The van der Waals surface area contributed by atoms with Crippen molar-refractivity contribution in [2.24, 2.45) is 0 Å². The lowest BCUT2D eigenvalue weighted by Gasteiger charge is -2.25. The Morgan fingerprint density at radius 1 is 1.07 bits per heavy atom. The number of phenolic OH excluding ortho intramolecular Hbond substituents is 1. The number of carboxylic acids is 1. The average Bonchev–Trinajstić information content (AvgIpc) is 2.57. The number of hydrogen-bond donors (Lipinski definition) is 3. The van der Waals surface area contributed by atoms with Crippen LogP contribution in [-0.4, -0.2) is 21.7 Å². The van der Waals surface area contributed by atoms with Gasteiger partial charge in [-0.1, -0.05) is 0 Å². The zero-order chi connectivity index (χ0) is 19.9. The minimum atomic E-state index is -1.12. The van der Waals surface area contributed by atoms with Crippen molar-refractivity contribution >= 4 is 22.6 Å². The molecule has 0 bridgehead atoms. The molecule has 0 unspecified atom stereocenters. The van der Waals surface area contributed by atoms with E-state index in [1.54, 1.807) is 13.8 Å². The summed E-state index contributed by atoms with van der Waals surface area (Å²) in [6.45, 7) is 6.91. The molecule has 6 nitrogen and oxygen atoms in total. The fourth-order valence-electron chi connectivity index (χ4n) is 2.95. The van der Waals surface area contributed by atoms with Gasteiger partial charge in [0, 0.05) is 23.4 Å². The Bertz CT molecular complexity index is 1090. The van der Waals surface area contributed by atoms with Gasteiger partial charge in [-0.15, -0.1) is 0 Å². The van der Waals surface area contributed by atoms with E-state index in [2.05, 4.69) is 5.32 Å². The fraction of sp³-hybridized carbons (Fsp3) is 0.238. The second-order valence-electron chi connectivity index (χ2n) is 7.20. The van der Waals surface area contributed by atoms with E-state index in [4.69, 9.17) is 4.42 Å². The van der Waals surface area contributed by atoms with Crippen LogP contribution in [0, 0.1) is 13.8 Å². The molecule has 0 fully saturated rings. The molecule has 1 aromatic heterocycles. The number of anilines is 1. The Hall–Kier alpha value is -3.28. The summed E-state index contributed by atoms with van der Waals surface area (Å²) in [7, 11) is 0. The highest BCUT2D eigenvalue weighted by Crippen LogP contribution is 2.31. The lowest BCUT2D eigenvalue weighted by atomic mass is 9.99. The molecule has 3 aromatic rings. The van der Waals surface area contributed by atoms with Crippen LogP contribution in [0.1, 0.15) is 25.0 Å². The molecular formula is C21H21NO5. The van der Waals surface area contributed by atoms with Crippen LogP contribution >= 0.6 is 0 Å². The van der Waals surface area contributed by atoms with Gasteiger partial charge in [-0.3, -0.25) is 4.79 Å². The van der Waals surface area contributed by atoms with Crippen molar-refractivity contribution in [1.29, 1.82) is 0 Å². The molecule has 6 heteroatoms. The van der Waals surface area contributed by atoms with Gasteiger partial charge in [-0.2, -0.15) is 0 Å². The monoisotopic (exact) mass is 367 g/mol. The summed E-state index contributed by atoms with van der Waals surface area (Å²) in [4.78, 5) is 23.8. The second-order valence-corrected chi connectivity index (χ2v) is 7.20. The lowest BCUT2D eigenvalue weighted by molar-refractivity contribution is -0.141. The first-order chi connectivity index (χ1) is 12.6. The third-order valence-electron chi connectivity index (χ3n) is 4.50. The molecule has 3 N–H and O–H groups in total. The zero-order valence-corrected chi connectivity index (χ0v) is 15.6. The van der Waals surface area contributed by atoms with Crippen LogP contribution in [0.5, 0.6) is 5.75 Å². The van der Waals surface area contributed by atoms with Crippen LogP contribution < -0.4 is 10.7 Å². The number of nitrogens with one attached hydrogen (secondary N) is 1. The molecule has 0 aliphatic heterocycles. The summed E-state index contributed by atoms with van der Waals surface area (Å²) in [5.74, 6) is -0.551. The van der Waals surface area contributed by atoms with Gasteiger partial charge in [0.2, 0.25) is 0 Å². The molecule has 3 rings (SSSR count). The first-order valence-electron chi connectivity index (χ1n) is 8.48. The summed E-state index contributed by atoms with van der Waals surface area (Å²) in [5, 5.41) is 22.4. The molecule has 0 atom stereocenters. The largest absolute Gasteiger partial charge is 0.508 e. The fourth-order valence-corrected chi connectivity index (χ4v) is 2.95. The van der Waals surface area contributed by atoms with Crippen molar-refractivity contribution in [3.63, 3.8) is 0 Å². The molecule has 0 radical (unpaired) electrons.